The van der Waals surface area contributed by atoms with E-state index in [1.807, 2.05) is 0 Å². The van der Waals surface area contributed by atoms with E-state index < -0.39 is 11.8 Å². The van der Waals surface area contributed by atoms with Crippen molar-refractivity contribution in [3.8, 4) is 0 Å². The molecule has 0 aliphatic heterocycles. The highest BCUT2D eigenvalue weighted by Crippen LogP contribution is 1.90. The zero-order chi connectivity index (χ0) is 8.15. The Morgan fingerprint density at radius 2 is 2.00 bits per heavy atom. The molecule has 0 spiro atoms. The van der Waals surface area contributed by atoms with Gasteiger partial charge in [0.15, 0.2) is 0 Å². The van der Waals surface area contributed by atoms with E-state index >= 15 is 0 Å². The molecule has 0 saturated carbocycles. The highest BCUT2D eigenvalue weighted by molar-refractivity contribution is 7.81. The van der Waals surface area contributed by atoms with Gasteiger partial charge in [0.2, 0.25) is 5.78 Å². The first-order valence-electron chi connectivity index (χ1n) is 2.92. The van der Waals surface area contributed by atoms with Crippen LogP contribution in [0.2, 0.25) is 0 Å². The summed E-state index contributed by atoms with van der Waals surface area (Å²) in [5.74, 6) is -1.49. The van der Waals surface area contributed by atoms with Crippen molar-refractivity contribution in [3.63, 3.8) is 0 Å². The predicted molar refractivity (Wildman–Crippen MR) is 40.1 cm³/mol. The average molecular weight is 162 g/mol. The summed E-state index contributed by atoms with van der Waals surface area (Å²) in [5, 5.41) is 0. The number of Topliss-reactive ketones (excluding diaryl/α,β-unsaturated/α-hetero) is 1. The van der Waals surface area contributed by atoms with E-state index in [-0.39, 0.29) is 11.9 Å². The number of carbonyl (C=O) groups is 2. The van der Waals surface area contributed by atoms with Crippen molar-refractivity contribution < 1.29 is 14.3 Å². The fourth-order valence-electron chi connectivity index (χ4n) is 0.344. The zero-order valence-electron chi connectivity index (χ0n) is 5.96. The Morgan fingerprint density at radius 3 is 2.30 bits per heavy atom. The molecule has 0 unspecified atom stereocenters. The number of ether oxygens (including phenoxy) is 1. The minimum absolute atomic E-state index is 0.0917. The summed E-state index contributed by atoms with van der Waals surface area (Å²) in [6, 6.07) is 0. The maximum Gasteiger partial charge on any atom is 0.375 e. The first-order chi connectivity index (χ1) is 4.57. The van der Waals surface area contributed by atoms with Crippen LogP contribution in [0.15, 0.2) is 0 Å². The Kier molecular flexibility index (Phi) is 4.11. The number of esters is 1. The van der Waals surface area contributed by atoms with Crippen LogP contribution in [0.25, 0.3) is 0 Å². The number of ketones is 1. The lowest BCUT2D eigenvalue weighted by molar-refractivity contribution is -0.155. The van der Waals surface area contributed by atoms with Crippen molar-refractivity contribution >= 4 is 24.4 Å². The summed E-state index contributed by atoms with van der Waals surface area (Å²) in [5.41, 5.74) is 0. The SMILES string of the molecule is CC(C)OC(=O)C(=O)CS. The molecule has 0 rings (SSSR count). The van der Waals surface area contributed by atoms with Gasteiger partial charge in [0.25, 0.3) is 0 Å². The zero-order valence-corrected chi connectivity index (χ0v) is 6.85. The molecule has 0 aromatic rings. The third kappa shape index (κ3) is 3.50. The van der Waals surface area contributed by atoms with Crippen LogP contribution in [0.3, 0.4) is 0 Å². The van der Waals surface area contributed by atoms with E-state index in [1.165, 1.54) is 0 Å². The molecule has 0 aliphatic rings. The van der Waals surface area contributed by atoms with E-state index in [0.717, 1.165) is 0 Å². The summed E-state index contributed by atoms with van der Waals surface area (Å²) in [7, 11) is 0. The molecule has 0 aromatic heterocycles. The molecule has 58 valence electrons. The van der Waals surface area contributed by atoms with E-state index in [1.54, 1.807) is 13.8 Å². The molecule has 4 heteroatoms. The smallest absolute Gasteiger partial charge is 0.375 e. The highest BCUT2D eigenvalue weighted by Gasteiger charge is 2.13. The van der Waals surface area contributed by atoms with Crippen molar-refractivity contribution in [3.05, 3.63) is 0 Å². The molecule has 10 heavy (non-hydrogen) atoms. The maximum absolute atomic E-state index is 10.6. The first kappa shape index (κ1) is 9.49. The van der Waals surface area contributed by atoms with Gasteiger partial charge in [-0.25, -0.2) is 4.79 Å². The molecule has 3 nitrogen and oxygen atoms in total. The normalized spacial score (nSPS) is 9.60. The number of thiol groups is 1. The lowest BCUT2D eigenvalue weighted by Gasteiger charge is -2.04. The lowest BCUT2D eigenvalue weighted by atomic mass is 10.4. The molecule has 0 aromatic carbocycles. The van der Waals surface area contributed by atoms with Gasteiger partial charge in [-0.05, 0) is 13.8 Å². The maximum atomic E-state index is 10.6. The summed E-state index contributed by atoms with van der Waals surface area (Å²) < 4.78 is 4.57. The summed E-state index contributed by atoms with van der Waals surface area (Å²) in [6.45, 7) is 3.37. The van der Waals surface area contributed by atoms with Crippen molar-refractivity contribution in [2.24, 2.45) is 0 Å². The molecule has 0 atom stereocenters. The molecule has 0 bridgehead atoms. The second-order valence-corrected chi connectivity index (χ2v) is 2.35. The number of rotatable bonds is 3. The quantitative estimate of drug-likeness (QED) is 0.372. The molecule has 0 amide bonds. The Bertz CT molecular complexity index is 142. The predicted octanol–water partition coefficient (Wildman–Crippen LogP) is 0.437. The van der Waals surface area contributed by atoms with Gasteiger partial charge in [-0.3, -0.25) is 4.79 Å². The van der Waals surface area contributed by atoms with E-state index in [2.05, 4.69) is 17.4 Å². The Balaban J connectivity index is 3.74. The van der Waals surface area contributed by atoms with Crippen LogP contribution in [0.4, 0.5) is 0 Å². The second-order valence-electron chi connectivity index (χ2n) is 2.04. The van der Waals surface area contributed by atoms with Crippen LogP contribution in [0, 0.1) is 0 Å². The van der Waals surface area contributed by atoms with Crippen molar-refractivity contribution in [2.75, 3.05) is 5.75 Å². The second kappa shape index (κ2) is 4.33. The van der Waals surface area contributed by atoms with Crippen LogP contribution in [-0.4, -0.2) is 23.6 Å². The first-order valence-corrected chi connectivity index (χ1v) is 3.56. The van der Waals surface area contributed by atoms with Crippen LogP contribution in [-0.2, 0) is 14.3 Å². The van der Waals surface area contributed by atoms with Gasteiger partial charge >= 0.3 is 5.97 Å². The fraction of sp³-hybridized carbons (Fsp3) is 0.667. The molecule has 0 aliphatic carbocycles. The average Bonchev–Trinajstić information content (AvgIpc) is 1.85. The largest absolute Gasteiger partial charge is 0.457 e. The van der Waals surface area contributed by atoms with Crippen LogP contribution in [0.5, 0.6) is 0 Å². The molecule has 0 N–H and O–H groups in total. The van der Waals surface area contributed by atoms with E-state index in [0.29, 0.717) is 0 Å². The monoisotopic (exact) mass is 162 g/mol. The standard InChI is InChI=1S/C6H10O3S/c1-4(2)9-6(8)5(7)3-10/h4,10H,3H2,1-2H3. The van der Waals surface area contributed by atoms with Gasteiger partial charge in [-0.1, -0.05) is 0 Å². The van der Waals surface area contributed by atoms with Gasteiger partial charge in [0, 0.05) is 0 Å². The van der Waals surface area contributed by atoms with Gasteiger partial charge in [-0.15, -0.1) is 0 Å². The van der Waals surface area contributed by atoms with Crippen LogP contribution < -0.4 is 0 Å². The number of carbonyl (C=O) groups excluding carboxylic acids is 2. The minimum atomic E-state index is -0.801. The molecule has 0 saturated heterocycles. The molecule has 0 heterocycles. The molecule has 0 radical (unpaired) electrons. The van der Waals surface area contributed by atoms with Gasteiger partial charge < -0.3 is 4.74 Å². The summed E-state index contributed by atoms with van der Waals surface area (Å²) >= 11 is 3.63. The Labute approximate surface area is 65.2 Å². The van der Waals surface area contributed by atoms with Crippen LogP contribution >= 0.6 is 12.6 Å². The van der Waals surface area contributed by atoms with Crippen LogP contribution in [0.1, 0.15) is 13.8 Å². The minimum Gasteiger partial charge on any atom is -0.457 e. The molecule has 0 fully saturated rings. The number of hydrogen-bond acceptors (Lipinski definition) is 4. The third-order valence-electron chi connectivity index (χ3n) is 0.714. The molecular formula is C6H10O3S. The Hall–Kier alpha value is -0.510. The van der Waals surface area contributed by atoms with E-state index in [9.17, 15) is 9.59 Å². The van der Waals surface area contributed by atoms with Gasteiger partial charge in [0.1, 0.15) is 0 Å². The number of hydrogen-bond donors (Lipinski definition) is 1. The highest BCUT2D eigenvalue weighted by atomic mass is 32.1. The summed E-state index contributed by atoms with van der Waals surface area (Å²) in [6.07, 6.45) is -0.240. The lowest BCUT2D eigenvalue weighted by Crippen LogP contribution is -2.21. The topological polar surface area (TPSA) is 43.4 Å². The molecular weight excluding hydrogens is 152 g/mol. The van der Waals surface area contributed by atoms with Gasteiger partial charge in [-0.2, -0.15) is 12.6 Å². The summed E-state index contributed by atoms with van der Waals surface area (Å²) in [4.78, 5) is 21.1. The third-order valence-corrected chi connectivity index (χ3v) is 1.00. The fourth-order valence-corrected chi connectivity index (χ4v) is 0.473. The van der Waals surface area contributed by atoms with Crippen molar-refractivity contribution in [1.82, 2.24) is 0 Å². The van der Waals surface area contributed by atoms with Crippen molar-refractivity contribution in [1.29, 1.82) is 0 Å². The van der Waals surface area contributed by atoms with E-state index in [4.69, 9.17) is 0 Å². The van der Waals surface area contributed by atoms with Gasteiger partial charge in [0.05, 0.1) is 11.9 Å². The Morgan fingerprint density at radius 1 is 1.50 bits per heavy atom. The van der Waals surface area contributed by atoms with Crippen molar-refractivity contribution in [2.45, 2.75) is 20.0 Å².